The van der Waals surface area contributed by atoms with Crippen LogP contribution in [0.5, 0.6) is 0 Å². The molecule has 0 radical (unpaired) electrons. The van der Waals surface area contributed by atoms with Crippen LogP contribution in [-0.4, -0.2) is 29.1 Å². The zero-order chi connectivity index (χ0) is 22.7. The molecule has 0 saturated heterocycles. The van der Waals surface area contributed by atoms with Crippen LogP contribution in [0.4, 0.5) is 5.69 Å². The van der Waals surface area contributed by atoms with Gasteiger partial charge in [0.15, 0.2) is 0 Å². The first kappa shape index (κ1) is 22.5. The summed E-state index contributed by atoms with van der Waals surface area (Å²) in [7, 11) is -4.04. The van der Waals surface area contributed by atoms with Crippen LogP contribution in [0.3, 0.4) is 0 Å². The number of hydrogen-bond acceptors (Lipinski definition) is 6. The van der Waals surface area contributed by atoms with Crippen molar-refractivity contribution in [3.8, 4) is 0 Å². The topological polar surface area (TPSA) is 101 Å². The van der Waals surface area contributed by atoms with Gasteiger partial charge >= 0.3 is 0 Å². The van der Waals surface area contributed by atoms with E-state index in [4.69, 9.17) is 0 Å². The Balaban J connectivity index is 1.65. The summed E-state index contributed by atoms with van der Waals surface area (Å²) in [4.78, 5) is 13.2. The third-order valence-corrected chi connectivity index (χ3v) is 7.80. The number of carbonyl (C=O) groups is 1. The number of amides is 1. The maximum Gasteiger partial charge on any atom is 0.243 e. The largest absolute Gasteiger partial charge is 0.325 e. The van der Waals surface area contributed by atoms with E-state index in [0.29, 0.717) is 11.2 Å². The minimum Gasteiger partial charge on any atom is -0.325 e. The summed E-state index contributed by atoms with van der Waals surface area (Å²) in [6, 6.07) is 18.4. The lowest BCUT2D eigenvalue weighted by Crippen LogP contribution is -2.45. The van der Waals surface area contributed by atoms with Gasteiger partial charge < -0.3 is 5.32 Å². The molecule has 0 spiro atoms. The first-order valence-electron chi connectivity index (χ1n) is 9.68. The number of aromatic nitrogens is 2. The highest BCUT2D eigenvalue weighted by Crippen LogP contribution is 2.23. The molecule has 32 heavy (non-hydrogen) atoms. The minimum atomic E-state index is -4.04. The molecule has 1 heterocycles. The number of halogens is 1. The lowest BCUT2D eigenvalue weighted by Gasteiger charge is -2.19. The van der Waals surface area contributed by atoms with Crippen molar-refractivity contribution >= 4 is 60.3 Å². The molecule has 2 N–H and O–H groups in total. The van der Waals surface area contributed by atoms with Crippen molar-refractivity contribution in [2.24, 2.45) is 0 Å². The van der Waals surface area contributed by atoms with Crippen LogP contribution in [0, 0.1) is 6.92 Å². The molecule has 164 valence electrons. The highest BCUT2D eigenvalue weighted by Gasteiger charge is 2.28. The summed E-state index contributed by atoms with van der Waals surface area (Å²) in [6.45, 7) is 1.91. The number of hydrogen-bond donors (Lipinski definition) is 2. The molecule has 0 aliphatic carbocycles. The van der Waals surface area contributed by atoms with Crippen molar-refractivity contribution in [2.45, 2.75) is 24.3 Å². The molecule has 0 saturated carbocycles. The molecule has 1 atom stereocenters. The normalized spacial score (nSPS) is 12.6. The number of benzene rings is 3. The summed E-state index contributed by atoms with van der Waals surface area (Å²) >= 11 is 4.38. The zero-order valence-corrected chi connectivity index (χ0v) is 20.2. The van der Waals surface area contributed by atoms with Crippen LogP contribution >= 0.6 is 27.7 Å². The van der Waals surface area contributed by atoms with Crippen molar-refractivity contribution in [1.82, 2.24) is 13.5 Å². The first-order valence-corrected chi connectivity index (χ1v) is 12.7. The predicted molar refractivity (Wildman–Crippen MR) is 129 cm³/mol. The Bertz CT molecular complexity index is 1370. The number of rotatable bonds is 7. The molecular weight excluding hydrogens is 512 g/mol. The van der Waals surface area contributed by atoms with E-state index in [9.17, 15) is 13.2 Å². The van der Waals surface area contributed by atoms with Gasteiger partial charge in [0, 0.05) is 10.2 Å². The van der Waals surface area contributed by atoms with Gasteiger partial charge in [-0.1, -0.05) is 52.3 Å². The van der Waals surface area contributed by atoms with Crippen molar-refractivity contribution in [2.75, 3.05) is 5.32 Å². The molecule has 10 heteroatoms. The SMILES string of the molecule is Cc1cc(NC(=O)C(Cc2ccccc2)NS(=O)(=O)c2cccc3nsnc23)ccc1Br. The fraction of sp³-hybridized carbons (Fsp3) is 0.136. The van der Waals surface area contributed by atoms with Gasteiger partial charge in [0.2, 0.25) is 15.9 Å². The van der Waals surface area contributed by atoms with E-state index in [1.54, 1.807) is 18.2 Å². The standard InChI is InChI=1S/C22H19BrN4O3S2/c1-14-12-16(10-11-17(14)23)24-22(28)19(13-15-6-3-2-4-7-15)27-32(29,30)20-9-5-8-18-21(20)26-31-25-18/h2-12,19,27H,13H2,1H3,(H,24,28). The van der Waals surface area contributed by atoms with E-state index in [1.165, 1.54) is 6.07 Å². The van der Waals surface area contributed by atoms with Crippen LogP contribution < -0.4 is 10.0 Å². The number of aryl methyl sites for hydroxylation is 1. The number of fused-ring (bicyclic) bond motifs is 1. The minimum absolute atomic E-state index is 0.00546. The summed E-state index contributed by atoms with van der Waals surface area (Å²) in [6.07, 6.45) is 0.187. The van der Waals surface area contributed by atoms with Gasteiger partial charge in [-0.15, -0.1) is 0 Å². The average Bonchev–Trinajstić information content (AvgIpc) is 3.25. The van der Waals surface area contributed by atoms with Crippen molar-refractivity contribution < 1.29 is 13.2 Å². The maximum absolute atomic E-state index is 13.2. The van der Waals surface area contributed by atoms with Gasteiger partial charge in [0.05, 0.1) is 11.7 Å². The Morgan fingerprint density at radius 3 is 2.59 bits per heavy atom. The number of nitrogens with one attached hydrogen (secondary N) is 2. The van der Waals surface area contributed by atoms with Crippen LogP contribution in [-0.2, 0) is 21.2 Å². The number of carbonyl (C=O) groups excluding carboxylic acids is 1. The number of anilines is 1. The fourth-order valence-corrected chi connectivity index (χ4v) is 5.45. The van der Waals surface area contributed by atoms with Crippen LogP contribution in [0.25, 0.3) is 11.0 Å². The molecule has 0 fully saturated rings. The van der Waals surface area contributed by atoms with Crippen molar-refractivity contribution in [1.29, 1.82) is 0 Å². The Labute approximate surface area is 198 Å². The maximum atomic E-state index is 13.2. The molecule has 3 aromatic carbocycles. The molecule has 1 aromatic heterocycles. The molecule has 7 nitrogen and oxygen atoms in total. The van der Waals surface area contributed by atoms with E-state index in [2.05, 4.69) is 34.7 Å². The number of nitrogens with zero attached hydrogens (tertiary/aromatic N) is 2. The molecular formula is C22H19BrN4O3S2. The summed E-state index contributed by atoms with van der Waals surface area (Å²) < 4.78 is 38.2. The zero-order valence-electron chi connectivity index (χ0n) is 16.9. The molecule has 0 aliphatic heterocycles. The van der Waals surface area contributed by atoms with E-state index in [0.717, 1.165) is 27.3 Å². The van der Waals surface area contributed by atoms with Gasteiger partial charge in [-0.3, -0.25) is 4.79 Å². The molecule has 1 amide bonds. The van der Waals surface area contributed by atoms with Crippen LogP contribution in [0.2, 0.25) is 0 Å². The van der Waals surface area contributed by atoms with Gasteiger partial charge in [-0.25, -0.2) is 8.42 Å². The second kappa shape index (κ2) is 9.45. The fourth-order valence-electron chi connectivity index (χ4n) is 3.24. The molecule has 4 rings (SSSR count). The van der Waals surface area contributed by atoms with E-state index >= 15 is 0 Å². The van der Waals surface area contributed by atoms with E-state index < -0.39 is 22.0 Å². The second-order valence-electron chi connectivity index (χ2n) is 7.20. The van der Waals surface area contributed by atoms with Gasteiger partial charge in [0.25, 0.3) is 0 Å². The quantitative estimate of drug-likeness (QED) is 0.371. The Hall–Kier alpha value is -2.66. The highest BCUT2D eigenvalue weighted by atomic mass is 79.9. The molecule has 0 aliphatic rings. The highest BCUT2D eigenvalue weighted by molar-refractivity contribution is 9.10. The summed E-state index contributed by atoms with van der Waals surface area (Å²) in [5.41, 5.74) is 3.14. The van der Waals surface area contributed by atoms with Crippen molar-refractivity contribution in [3.63, 3.8) is 0 Å². The third kappa shape index (κ3) is 5.04. The van der Waals surface area contributed by atoms with Crippen LogP contribution in [0.15, 0.2) is 76.1 Å². The Kier molecular flexibility index (Phi) is 6.66. The lowest BCUT2D eigenvalue weighted by atomic mass is 10.1. The smallest absolute Gasteiger partial charge is 0.243 e. The summed E-state index contributed by atoms with van der Waals surface area (Å²) in [5, 5.41) is 2.82. The number of sulfonamides is 1. The lowest BCUT2D eigenvalue weighted by molar-refractivity contribution is -0.117. The van der Waals surface area contributed by atoms with Gasteiger partial charge in [-0.2, -0.15) is 13.5 Å². The molecule has 1 unspecified atom stereocenters. The average molecular weight is 531 g/mol. The second-order valence-corrected chi connectivity index (χ2v) is 10.3. The summed E-state index contributed by atoms with van der Waals surface area (Å²) in [5.74, 6) is -0.456. The Morgan fingerprint density at radius 2 is 1.84 bits per heavy atom. The monoisotopic (exact) mass is 530 g/mol. The first-order chi connectivity index (χ1) is 15.3. The van der Waals surface area contributed by atoms with Crippen molar-refractivity contribution in [3.05, 3.63) is 82.3 Å². The third-order valence-electron chi connectivity index (χ3n) is 4.86. The van der Waals surface area contributed by atoms with Gasteiger partial charge in [0.1, 0.15) is 22.0 Å². The van der Waals surface area contributed by atoms with E-state index in [-0.39, 0.29) is 16.8 Å². The van der Waals surface area contributed by atoms with Crippen LogP contribution in [0.1, 0.15) is 11.1 Å². The predicted octanol–water partition coefficient (Wildman–Crippen LogP) is 4.29. The Morgan fingerprint density at radius 1 is 1.06 bits per heavy atom. The molecule has 4 aromatic rings. The van der Waals surface area contributed by atoms with Gasteiger partial charge in [-0.05, 0) is 54.8 Å². The van der Waals surface area contributed by atoms with E-state index in [1.807, 2.05) is 49.4 Å². The molecule has 0 bridgehead atoms.